The van der Waals surface area contributed by atoms with Gasteiger partial charge in [-0.05, 0) is 54.8 Å². The quantitative estimate of drug-likeness (QED) is 0.665. The van der Waals surface area contributed by atoms with E-state index in [0.29, 0.717) is 17.9 Å². The molecule has 4 rings (SSSR count). The van der Waals surface area contributed by atoms with Gasteiger partial charge in [-0.1, -0.05) is 0 Å². The number of ether oxygens (including phenoxy) is 2. The van der Waals surface area contributed by atoms with Gasteiger partial charge < -0.3 is 18.8 Å². The van der Waals surface area contributed by atoms with Crippen LogP contribution < -0.4 is 20.0 Å². The highest BCUT2D eigenvalue weighted by atomic mass is 16.5. The summed E-state index contributed by atoms with van der Waals surface area (Å²) in [6, 6.07) is 14.0. The molecule has 0 N–H and O–H groups in total. The highest BCUT2D eigenvalue weighted by Crippen LogP contribution is 2.30. The van der Waals surface area contributed by atoms with Crippen LogP contribution >= 0.6 is 0 Å². The first-order valence-electron chi connectivity index (χ1n) is 8.78. The number of amides is 1. The van der Waals surface area contributed by atoms with Gasteiger partial charge in [0.1, 0.15) is 17.1 Å². The predicted molar refractivity (Wildman–Crippen MR) is 102 cm³/mol. The topological polar surface area (TPSA) is 69.0 Å². The summed E-state index contributed by atoms with van der Waals surface area (Å²) >= 11 is 0. The molecular weight excluding hydrogens is 346 g/mol. The summed E-state index contributed by atoms with van der Waals surface area (Å²) in [6.07, 6.45) is 1.81. The largest absolute Gasteiger partial charge is 0.497 e. The molecule has 0 saturated carbocycles. The van der Waals surface area contributed by atoms with Crippen molar-refractivity contribution in [3.05, 3.63) is 64.5 Å². The second-order valence-corrected chi connectivity index (χ2v) is 6.39. The predicted octanol–water partition coefficient (Wildman–Crippen LogP) is 3.16. The highest BCUT2D eigenvalue weighted by molar-refractivity contribution is 5.95. The Morgan fingerprint density at radius 1 is 1.11 bits per heavy atom. The van der Waals surface area contributed by atoms with E-state index in [0.717, 1.165) is 35.2 Å². The standard InChI is InChI=1S/C21H19NO5/c1-25-16-7-8-18-15(11-16)3-2-10-22(18)20(23)13-26-17-6-4-14-5-9-21(24)27-19(14)12-17/h4-9,11-12H,2-3,10,13H2,1H3. The number of carbonyl (C=O) groups excluding carboxylic acids is 1. The number of aryl methyl sites for hydroxylation is 1. The van der Waals surface area contributed by atoms with E-state index >= 15 is 0 Å². The van der Waals surface area contributed by atoms with E-state index in [4.69, 9.17) is 13.9 Å². The molecule has 0 saturated heterocycles. The van der Waals surface area contributed by atoms with Gasteiger partial charge in [-0.25, -0.2) is 4.79 Å². The monoisotopic (exact) mass is 365 g/mol. The summed E-state index contributed by atoms with van der Waals surface area (Å²) in [7, 11) is 1.63. The second kappa shape index (κ2) is 7.15. The van der Waals surface area contributed by atoms with Crippen LogP contribution in [0.15, 0.2) is 57.7 Å². The molecule has 1 amide bonds. The zero-order chi connectivity index (χ0) is 18.8. The van der Waals surface area contributed by atoms with Crippen molar-refractivity contribution in [1.29, 1.82) is 0 Å². The van der Waals surface area contributed by atoms with Crippen LogP contribution in [0, 0.1) is 0 Å². The average Bonchev–Trinajstić information content (AvgIpc) is 2.70. The third-order valence-electron chi connectivity index (χ3n) is 4.66. The number of rotatable bonds is 4. The van der Waals surface area contributed by atoms with Gasteiger partial charge in [-0.3, -0.25) is 4.79 Å². The average molecular weight is 365 g/mol. The van der Waals surface area contributed by atoms with E-state index < -0.39 is 5.63 Å². The van der Waals surface area contributed by atoms with Crippen molar-refractivity contribution >= 4 is 22.6 Å². The molecule has 1 aliphatic rings. The number of benzene rings is 2. The van der Waals surface area contributed by atoms with E-state index in [9.17, 15) is 9.59 Å². The van der Waals surface area contributed by atoms with E-state index in [-0.39, 0.29) is 12.5 Å². The van der Waals surface area contributed by atoms with Crippen LogP contribution in [0.4, 0.5) is 5.69 Å². The Labute approximate surface area is 155 Å². The summed E-state index contributed by atoms with van der Waals surface area (Å²) in [6.45, 7) is 0.572. The molecule has 0 atom stereocenters. The third kappa shape index (κ3) is 3.51. The highest BCUT2D eigenvalue weighted by Gasteiger charge is 2.23. The van der Waals surface area contributed by atoms with Crippen molar-refractivity contribution in [3.8, 4) is 11.5 Å². The SMILES string of the molecule is COc1ccc2c(c1)CCCN2C(=O)COc1ccc2ccc(=O)oc2c1. The van der Waals surface area contributed by atoms with Gasteiger partial charge in [-0.2, -0.15) is 0 Å². The van der Waals surface area contributed by atoms with Crippen molar-refractivity contribution in [2.24, 2.45) is 0 Å². The molecule has 0 spiro atoms. The van der Waals surface area contributed by atoms with Gasteiger partial charge in [0.15, 0.2) is 6.61 Å². The Morgan fingerprint density at radius 3 is 2.78 bits per heavy atom. The molecule has 6 nitrogen and oxygen atoms in total. The molecule has 0 aliphatic carbocycles. The third-order valence-corrected chi connectivity index (χ3v) is 4.66. The molecule has 0 bridgehead atoms. The van der Waals surface area contributed by atoms with E-state index in [1.807, 2.05) is 18.2 Å². The zero-order valence-corrected chi connectivity index (χ0v) is 14.9. The fourth-order valence-corrected chi connectivity index (χ4v) is 3.31. The Bertz CT molecular complexity index is 1060. The summed E-state index contributed by atoms with van der Waals surface area (Å²) in [4.78, 5) is 25.8. The van der Waals surface area contributed by atoms with Gasteiger partial charge in [0.25, 0.3) is 5.91 Å². The zero-order valence-electron chi connectivity index (χ0n) is 14.9. The molecule has 0 fully saturated rings. The normalized spacial score (nSPS) is 13.3. The molecule has 138 valence electrons. The number of hydrogen-bond acceptors (Lipinski definition) is 5. The molecule has 2 aromatic carbocycles. The summed E-state index contributed by atoms with van der Waals surface area (Å²) in [5, 5.41) is 0.798. The molecule has 0 unspecified atom stereocenters. The molecule has 27 heavy (non-hydrogen) atoms. The van der Waals surface area contributed by atoms with Gasteiger partial charge in [0.05, 0.1) is 7.11 Å². The Hall–Kier alpha value is -3.28. The van der Waals surface area contributed by atoms with Gasteiger partial charge in [0.2, 0.25) is 0 Å². The summed E-state index contributed by atoms with van der Waals surface area (Å²) in [5.41, 5.74) is 2.01. The van der Waals surface area contributed by atoms with E-state index in [1.54, 1.807) is 36.3 Å². The number of anilines is 1. The summed E-state index contributed by atoms with van der Waals surface area (Å²) < 4.78 is 16.1. The van der Waals surface area contributed by atoms with Crippen molar-refractivity contribution in [2.75, 3.05) is 25.2 Å². The first kappa shape index (κ1) is 17.1. The first-order valence-corrected chi connectivity index (χ1v) is 8.78. The maximum atomic E-state index is 12.7. The molecule has 1 aromatic heterocycles. The van der Waals surface area contributed by atoms with Crippen LogP contribution in [0.5, 0.6) is 11.5 Å². The molecular formula is C21H19NO5. The lowest BCUT2D eigenvalue weighted by atomic mass is 10.0. The van der Waals surface area contributed by atoms with E-state index in [2.05, 4.69) is 0 Å². The number of carbonyl (C=O) groups is 1. The van der Waals surface area contributed by atoms with Crippen molar-refractivity contribution < 1.29 is 18.7 Å². The number of hydrogen-bond donors (Lipinski definition) is 0. The van der Waals surface area contributed by atoms with Crippen LogP contribution in [0.2, 0.25) is 0 Å². The maximum Gasteiger partial charge on any atom is 0.336 e. The fourth-order valence-electron chi connectivity index (χ4n) is 3.31. The lowest BCUT2D eigenvalue weighted by Crippen LogP contribution is -2.38. The van der Waals surface area contributed by atoms with Crippen molar-refractivity contribution in [1.82, 2.24) is 0 Å². The van der Waals surface area contributed by atoms with Crippen LogP contribution in [0.3, 0.4) is 0 Å². The number of nitrogens with zero attached hydrogens (tertiary/aromatic N) is 1. The first-order chi connectivity index (χ1) is 13.1. The Morgan fingerprint density at radius 2 is 1.93 bits per heavy atom. The Kier molecular flexibility index (Phi) is 4.54. The number of methoxy groups -OCH3 is 1. The molecule has 6 heteroatoms. The van der Waals surface area contributed by atoms with Gasteiger partial charge >= 0.3 is 5.63 Å². The minimum absolute atomic E-state index is 0.0892. The van der Waals surface area contributed by atoms with Crippen LogP contribution in [-0.4, -0.2) is 26.2 Å². The lowest BCUT2D eigenvalue weighted by Gasteiger charge is -2.29. The Balaban J connectivity index is 1.50. The molecule has 2 heterocycles. The van der Waals surface area contributed by atoms with Crippen LogP contribution in [0.1, 0.15) is 12.0 Å². The van der Waals surface area contributed by atoms with Gasteiger partial charge in [-0.15, -0.1) is 0 Å². The van der Waals surface area contributed by atoms with Crippen molar-refractivity contribution in [2.45, 2.75) is 12.8 Å². The summed E-state index contributed by atoms with van der Waals surface area (Å²) in [5.74, 6) is 1.16. The minimum atomic E-state index is -0.420. The minimum Gasteiger partial charge on any atom is -0.497 e. The van der Waals surface area contributed by atoms with Crippen molar-refractivity contribution in [3.63, 3.8) is 0 Å². The fraction of sp³-hybridized carbons (Fsp3) is 0.238. The molecule has 1 aliphatic heterocycles. The second-order valence-electron chi connectivity index (χ2n) is 6.39. The molecule has 0 radical (unpaired) electrons. The van der Waals surface area contributed by atoms with Crippen LogP contribution in [-0.2, 0) is 11.2 Å². The number of fused-ring (bicyclic) bond motifs is 2. The smallest absolute Gasteiger partial charge is 0.336 e. The lowest BCUT2D eigenvalue weighted by molar-refractivity contribution is -0.120. The maximum absolute atomic E-state index is 12.7. The van der Waals surface area contributed by atoms with Crippen LogP contribution in [0.25, 0.3) is 11.0 Å². The van der Waals surface area contributed by atoms with E-state index in [1.165, 1.54) is 6.07 Å². The molecule has 3 aromatic rings. The van der Waals surface area contributed by atoms with Gasteiger partial charge in [0, 0.05) is 29.8 Å².